The van der Waals surface area contributed by atoms with E-state index in [0.717, 1.165) is 9.25 Å². The first-order valence-electron chi connectivity index (χ1n) is 8.44. The summed E-state index contributed by atoms with van der Waals surface area (Å²) in [6.07, 6.45) is 1.22. The van der Waals surface area contributed by atoms with Gasteiger partial charge in [0.2, 0.25) is 0 Å². The van der Waals surface area contributed by atoms with Crippen molar-refractivity contribution in [3.05, 3.63) is 54.2 Å². The van der Waals surface area contributed by atoms with E-state index in [4.69, 9.17) is 11.6 Å². The van der Waals surface area contributed by atoms with Crippen LogP contribution in [0.2, 0.25) is 5.02 Å². The second-order valence-electron chi connectivity index (χ2n) is 5.95. The lowest BCUT2D eigenvalue weighted by molar-refractivity contribution is -0.384. The molecule has 0 saturated heterocycles. The molecule has 0 fully saturated rings. The van der Waals surface area contributed by atoms with Gasteiger partial charge in [-0.2, -0.15) is 4.68 Å². The predicted octanol–water partition coefficient (Wildman–Crippen LogP) is 2.13. The van der Waals surface area contributed by atoms with E-state index >= 15 is 0 Å². The summed E-state index contributed by atoms with van der Waals surface area (Å²) in [7, 11) is 0. The number of aryl methyl sites for hydroxylation is 1. The minimum atomic E-state index is -0.610. The van der Waals surface area contributed by atoms with Crippen LogP contribution in [0, 0.1) is 10.1 Å². The third-order valence-corrected chi connectivity index (χ3v) is 4.31. The molecule has 0 radical (unpaired) electrons. The van der Waals surface area contributed by atoms with Gasteiger partial charge in [0.15, 0.2) is 11.2 Å². The maximum Gasteiger partial charge on any atom is 0.332 e. The number of fused-ring (bicyclic) bond motifs is 1. The Morgan fingerprint density at radius 2 is 1.81 bits per heavy atom. The smallest absolute Gasteiger partial charge is 0.274 e. The lowest BCUT2D eigenvalue weighted by Crippen LogP contribution is -2.40. The summed E-state index contributed by atoms with van der Waals surface area (Å²) in [5.41, 5.74) is -1.20. The van der Waals surface area contributed by atoms with E-state index in [1.807, 2.05) is 13.8 Å². The topological polar surface area (TPSA) is 118 Å². The second-order valence-corrected chi connectivity index (χ2v) is 6.39. The molecule has 27 heavy (non-hydrogen) atoms. The fourth-order valence-electron chi connectivity index (χ4n) is 2.93. The Labute approximate surface area is 157 Å². The molecule has 11 heteroatoms. The Morgan fingerprint density at radius 3 is 2.44 bits per heavy atom. The molecule has 0 atom stereocenters. The van der Waals surface area contributed by atoms with E-state index in [2.05, 4.69) is 10.3 Å². The van der Waals surface area contributed by atoms with Gasteiger partial charge in [-0.25, -0.2) is 4.79 Å². The Kier molecular flexibility index (Phi) is 5.08. The summed E-state index contributed by atoms with van der Waals surface area (Å²) in [4.78, 5) is 36.4. The number of nitro groups is 1. The van der Waals surface area contributed by atoms with Gasteiger partial charge >= 0.3 is 5.69 Å². The summed E-state index contributed by atoms with van der Waals surface area (Å²) in [5.74, 6) is 0. The van der Waals surface area contributed by atoms with E-state index in [1.165, 1.54) is 22.8 Å². The first kappa shape index (κ1) is 18.8. The zero-order chi connectivity index (χ0) is 19.7. The zero-order valence-corrected chi connectivity index (χ0v) is 15.5. The van der Waals surface area contributed by atoms with Crippen molar-refractivity contribution in [3.8, 4) is 5.69 Å². The van der Waals surface area contributed by atoms with Crippen LogP contribution in [0.3, 0.4) is 0 Å². The van der Waals surface area contributed by atoms with Crippen LogP contribution in [0.5, 0.6) is 0 Å². The number of halogens is 1. The molecule has 142 valence electrons. The monoisotopic (exact) mass is 392 g/mol. The Balaban J connectivity index is 2.43. The van der Waals surface area contributed by atoms with Crippen LogP contribution in [0.4, 0.5) is 5.69 Å². The van der Waals surface area contributed by atoms with Crippen LogP contribution in [-0.2, 0) is 13.1 Å². The van der Waals surface area contributed by atoms with Gasteiger partial charge in [-0.15, -0.1) is 5.10 Å². The maximum atomic E-state index is 13.0. The number of benzene rings is 1. The lowest BCUT2D eigenvalue weighted by Gasteiger charge is -2.10. The Hall–Kier alpha value is -3.01. The fourth-order valence-corrected chi connectivity index (χ4v) is 3.10. The van der Waals surface area contributed by atoms with Crippen molar-refractivity contribution in [2.75, 3.05) is 0 Å². The number of nitro benzene ring substituents is 1. The molecule has 0 aliphatic rings. The maximum absolute atomic E-state index is 13.0. The average molecular weight is 393 g/mol. The fraction of sp³-hybridized carbons (Fsp3) is 0.375. The van der Waals surface area contributed by atoms with E-state index in [9.17, 15) is 19.7 Å². The molecule has 0 saturated carbocycles. The van der Waals surface area contributed by atoms with Gasteiger partial charge in [0.1, 0.15) is 5.69 Å². The first-order chi connectivity index (χ1) is 12.9. The lowest BCUT2D eigenvalue weighted by atomic mass is 10.2. The van der Waals surface area contributed by atoms with Gasteiger partial charge in [-0.1, -0.05) is 30.7 Å². The number of nitrogens with zero attached hydrogens (tertiary/aromatic N) is 6. The van der Waals surface area contributed by atoms with Crippen LogP contribution < -0.4 is 11.2 Å². The quantitative estimate of drug-likeness (QED) is 0.468. The molecule has 2 aromatic heterocycles. The van der Waals surface area contributed by atoms with Gasteiger partial charge in [0.25, 0.3) is 11.2 Å². The molecule has 0 spiro atoms. The van der Waals surface area contributed by atoms with Crippen molar-refractivity contribution < 1.29 is 4.92 Å². The second kappa shape index (κ2) is 7.31. The van der Waals surface area contributed by atoms with Gasteiger partial charge in [0, 0.05) is 24.2 Å². The molecule has 3 aromatic rings. The number of hydrogen-bond acceptors (Lipinski definition) is 6. The third kappa shape index (κ3) is 3.12. The van der Waals surface area contributed by atoms with Crippen LogP contribution in [0.1, 0.15) is 26.7 Å². The summed E-state index contributed by atoms with van der Waals surface area (Å²) >= 11 is 5.86. The molecule has 10 nitrogen and oxygen atoms in total. The van der Waals surface area contributed by atoms with Gasteiger partial charge < -0.3 is 0 Å². The van der Waals surface area contributed by atoms with Crippen molar-refractivity contribution in [2.24, 2.45) is 0 Å². The van der Waals surface area contributed by atoms with Gasteiger partial charge in [0.05, 0.1) is 4.92 Å². The highest BCUT2D eigenvalue weighted by Crippen LogP contribution is 2.27. The van der Waals surface area contributed by atoms with Crippen LogP contribution in [-0.4, -0.2) is 29.1 Å². The summed E-state index contributed by atoms with van der Waals surface area (Å²) in [5, 5.41) is 19.5. The Bertz CT molecular complexity index is 1150. The van der Waals surface area contributed by atoms with Gasteiger partial charge in [-0.3, -0.25) is 24.0 Å². The van der Waals surface area contributed by atoms with E-state index in [-0.39, 0.29) is 34.1 Å². The van der Waals surface area contributed by atoms with Crippen molar-refractivity contribution >= 4 is 28.5 Å². The minimum absolute atomic E-state index is 0.0157. The van der Waals surface area contributed by atoms with Crippen molar-refractivity contribution in [1.29, 1.82) is 0 Å². The highest BCUT2D eigenvalue weighted by atomic mass is 35.5. The average Bonchev–Trinajstić information content (AvgIpc) is 3.07. The SMILES string of the molecule is CCCn1c(=O)c2c(nnn2-c2ccc(Cl)cc2[N+](=O)[O-])n(CCC)c1=O. The number of hydrogen-bond donors (Lipinski definition) is 0. The molecule has 3 rings (SSSR count). The van der Waals surface area contributed by atoms with Crippen molar-refractivity contribution in [2.45, 2.75) is 39.8 Å². The van der Waals surface area contributed by atoms with E-state index in [1.54, 1.807) is 0 Å². The molecule has 0 N–H and O–H groups in total. The van der Waals surface area contributed by atoms with Gasteiger partial charge in [-0.05, 0) is 25.0 Å². The molecule has 0 bridgehead atoms. The standard InChI is InChI=1S/C16H17ClN6O4/c1-3-7-20-14-13(15(24)21(8-4-2)16(20)25)22(19-18-14)11-6-5-10(17)9-12(11)23(26)27/h5-6,9H,3-4,7-8H2,1-2H3. The molecular weight excluding hydrogens is 376 g/mol. The zero-order valence-electron chi connectivity index (χ0n) is 14.8. The van der Waals surface area contributed by atoms with Crippen LogP contribution in [0.15, 0.2) is 27.8 Å². The largest absolute Gasteiger partial charge is 0.332 e. The molecular formula is C16H17ClN6O4. The van der Waals surface area contributed by atoms with Crippen molar-refractivity contribution in [1.82, 2.24) is 24.1 Å². The molecule has 0 aliphatic carbocycles. The van der Waals surface area contributed by atoms with E-state index < -0.39 is 16.2 Å². The Morgan fingerprint density at radius 1 is 1.15 bits per heavy atom. The minimum Gasteiger partial charge on any atom is -0.274 e. The summed E-state index contributed by atoms with van der Waals surface area (Å²) in [6, 6.07) is 4.04. The predicted molar refractivity (Wildman–Crippen MR) is 99.6 cm³/mol. The molecule has 2 heterocycles. The number of aromatic nitrogens is 5. The van der Waals surface area contributed by atoms with Crippen LogP contribution in [0.25, 0.3) is 16.9 Å². The van der Waals surface area contributed by atoms with Crippen LogP contribution >= 0.6 is 11.6 Å². The normalized spacial score (nSPS) is 11.2. The summed E-state index contributed by atoms with van der Waals surface area (Å²) < 4.78 is 3.58. The molecule has 0 unspecified atom stereocenters. The number of rotatable bonds is 6. The molecule has 1 aromatic carbocycles. The van der Waals surface area contributed by atoms with E-state index in [0.29, 0.717) is 19.4 Å². The molecule has 0 aliphatic heterocycles. The highest BCUT2D eigenvalue weighted by Gasteiger charge is 2.24. The molecule has 0 amide bonds. The highest BCUT2D eigenvalue weighted by molar-refractivity contribution is 6.30. The third-order valence-electron chi connectivity index (χ3n) is 4.07. The van der Waals surface area contributed by atoms with Crippen molar-refractivity contribution in [3.63, 3.8) is 0 Å². The summed E-state index contributed by atoms with van der Waals surface area (Å²) in [6.45, 7) is 4.31. The first-order valence-corrected chi connectivity index (χ1v) is 8.81.